The summed E-state index contributed by atoms with van der Waals surface area (Å²) in [5, 5.41) is 27.1. The molecule has 1 heterocycles. The summed E-state index contributed by atoms with van der Waals surface area (Å²) in [6, 6.07) is 35.6. The number of hydrogen-bond acceptors (Lipinski definition) is 9. The fourth-order valence-corrected chi connectivity index (χ4v) is 10.5. The molecule has 0 spiro atoms. The molecule has 1 amide bonds. The maximum absolute atomic E-state index is 15.0. The molecule has 3 aliphatic rings. The van der Waals surface area contributed by atoms with Gasteiger partial charge >= 0.3 is 6.09 Å². The zero-order valence-electron chi connectivity index (χ0n) is 38.7. The zero-order valence-corrected chi connectivity index (χ0v) is 38.7. The highest BCUT2D eigenvalue weighted by atomic mass is 19.1. The van der Waals surface area contributed by atoms with Gasteiger partial charge in [-0.1, -0.05) is 127 Å². The molecule has 6 atom stereocenters. The Kier molecular flexibility index (Phi) is 16.4. The molecular formula is C57H63FN2O8. The number of oxime groups is 1. The lowest BCUT2D eigenvalue weighted by atomic mass is 9.55. The lowest BCUT2D eigenvalue weighted by Crippen LogP contribution is -2.70. The van der Waals surface area contributed by atoms with Crippen LogP contribution in [0.5, 0.6) is 11.5 Å². The van der Waals surface area contributed by atoms with Gasteiger partial charge in [0.2, 0.25) is 5.79 Å². The highest BCUT2D eigenvalue weighted by Crippen LogP contribution is 2.62. The molecule has 11 heteroatoms. The van der Waals surface area contributed by atoms with Crippen molar-refractivity contribution >= 4 is 22.6 Å². The third kappa shape index (κ3) is 10.7. The van der Waals surface area contributed by atoms with E-state index in [9.17, 15) is 14.6 Å². The van der Waals surface area contributed by atoms with E-state index in [0.717, 1.165) is 58.7 Å². The van der Waals surface area contributed by atoms with Crippen molar-refractivity contribution in [2.24, 2.45) is 22.9 Å². The molecule has 0 unspecified atom stereocenters. The fraction of sp³-hybridized carbons (Fsp3) is 0.368. The van der Waals surface area contributed by atoms with Crippen molar-refractivity contribution in [3.05, 3.63) is 180 Å². The maximum atomic E-state index is 15.0. The normalized spacial score (nSPS) is 22.0. The first-order chi connectivity index (χ1) is 33.4. The molecule has 2 aliphatic carbocycles. The monoisotopic (exact) mass is 922 g/mol. The Bertz CT molecular complexity index is 2560. The minimum Gasteiger partial charge on any atom is -0.489 e. The van der Waals surface area contributed by atoms with E-state index in [1.165, 1.54) is 6.07 Å². The number of fused-ring (bicyclic) bond motifs is 3. The Morgan fingerprint density at radius 2 is 1.60 bits per heavy atom. The van der Waals surface area contributed by atoms with Crippen molar-refractivity contribution in [3.8, 4) is 11.5 Å². The van der Waals surface area contributed by atoms with Gasteiger partial charge in [-0.05, 0) is 95.7 Å². The molecule has 0 aromatic heterocycles. The summed E-state index contributed by atoms with van der Waals surface area (Å²) in [6.45, 7) is 8.73. The van der Waals surface area contributed by atoms with Crippen LogP contribution in [0.2, 0.25) is 0 Å². The van der Waals surface area contributed by atoms with E-state index in [1.54, 1.807) is 35.3 Å². The van der Waals surface area contributed by atoms with Crippen molar-refractivity contribution in [1.29, 1.82) is 0 Å². The van der Waals surface area contributed by atoms with Crippen molar-refractivity contribution in [2.75, 3.05) is 26.4 Å². The second-order valence-electron chi connectivity index (χ2n) is 17.9. The van der Waals surface area contributed by atoms with Crippen LogP contribution in [-0.2, 0) is 34.1 Å². The molecule has 8 rings (SSSR count). The number of unbranched alkanes of at least 4 members (excludes halogenated alkanes) is 2. The third-order valence-corrected chi connectivity index (χ3v) is 13.6. The van der Waals surface area contributed by atoms with Crippen molar-refractivity contribution in [3.63, 3.8) is 0 Å². The van der Waals surface area contributed by atoms with E-state index in [4.69, 9.17) is 28.9 Å². The van der Waals surface area contributed by atoms with Crippen LogP contribution in [0.3, 0.4) is 0 Å². The van der Waals surface area contributed by atoms with Crippen molar-refractivity contribution in [2.45, 2.75) is 88.9 Å². The zero-order chi connectivity index (χ0) is 47.3. The van der Waals surface area contributed by atoms with Crippen LogP contribution < -0.4 is 9.47 Å². The average Bonchev–Trinajstić information content (AvgIpc) is 3.36. The number of carbonyl (C=O) groups is 1. The van der Waals surface area contributed by atoms with Crippen LogP contribution in [0.1, 0.15) is 79.5 Å². The first kappa shape index (κ1) is 48.2. The smallest absolute Gasteiger partial charge is 0.410 e. The van der Waals surface area contributed by atoms with Gasteiger partial charge in [-0.3, -0.25) is 4.90 Å². The lowest BCUT2D eigenvalue weighted by Gasteiger charge is -2.60. The molecule has 1 fully saturated rings. The molecule has 1 saturated carbocycles. The highest BCUT2D eigenvalue weighted by Gasteiger charge is 2.65. The van der Waals surface area contributed by atoms with Gasteiger partial charge in [-0.2, -0.15) is 0 Å². The molecule has 2 N–H and O–H groups in total. The fourth-order valence-electron chi connectivity index (χ4n) is 10.5. The summed E-state index contributed by atoms with van der Waals surface area (Å²) in [5.74, 6) is -1.58. The first-order valence-electron chi connectivity index (χ1n) is 24.0. The second-order valence-corrected chi connectivity index (χ2v) is 17.9. The molecule has 0 radical (unpaired) electrons. The number of allylic oxidation sites excluding steroid dienone is 1. The van der Waals surface area contributed by atoms with Gasteiger partial charge in [0.1, 0.15) is 36.6 Å². The Hall–Kier alpha value is -6.27. The second kappa shape index (κ2) is 23.2. The van der Waals surface area contributed by atoms with E-state index < -0.39 is 23.8 Å². The van der Waals surface area contributed by atoms with Crippen LogP contribution in [-0.4, -0.2) is 65.2 Å². The van der Waals surface area contributed by atoms with Crippen molar-refractivity contribution in [1.82, 2.24) is 4.90 Å². The first-order valence-corrected chi connectivity index (χ1v) is 24.0. The highest BCUT2D eigenvalue weighted by molar-refractivity contribution is 6.03. The summed E-state index contributed by atoms with van der Waals surface area (Å²) in [5.41, 5.74) is 4.77. The molecule has 68 heavy (non-hydrogen) atoms. The van der Waals surface area contributed by atoms with Crippen molar-refractivity contribution < 1.29 is 43.2 Å². The number of aliphatic hydroxyl groups is 2. The van der Waals surface area contributed by atoms with Gasteiger partial charge in [0.25, 0.3) is 0 Å². The number of amides is 1. The van der Waals surface area contributed by atoms with E-state index in [1.807, 2.05) is 72.8 Å². The molecular weight excluding hydrogens is 860 g/mol. The average molecular weight is 923 g/mol. The van der Waals surface area contributed by atoms with Gasteiger partial charge in [0.05, 0.1) is 31.4 Å². The molecule has 1 aliphatic heterocycles. The number of carbonyl (C=O) groups excluding carboxylic acids is 1. The number of halogens is 1. The molecule has 0 saturated heterocycles. The molecule has 0 bridgehead atoms. The summed E-state index contributed by atoms with van der Waals surface area (Å²) in [4.78, 5) is 23.0. The number of nitrogens with zero attached hydrogens (tertiary/aromatic N) is 2. The summed E-state index contributed by atoms with van der Waals surface area (Å²) >= 11 is 0. The topological polar surface area (TPSA) is 119 Å². The largest absolute Gasteiger partial charge is 0.489 e. The number of rotatable bonds is 23. The molecule has 5 aromatic carbocycles. The van der Waals surface area contributed by atoms with Crippen LogP contribution in [0.4, 0.5) is 9.18 Å². The number of ether oxygens (including phenoxy) is 4. The van der Waals surface area contributed by atoms with Crippen LogP contribution in [0, 0.1) is 23.6 Å². The van der Waals surface area contributed by atoms with Gasteiger partial charge < -0.3 is 34.0 Å². The summed E-state index contributed by atoms with van der Waals surface area (Å²) in [6.07, 6.45) is 10.2. The number of hydrogen-bond donors (Lipinski definition) is 2. The Morgan fingerprint density at radius 3 is 2.40 bits per heavy atom. The van der Waals surface area contributed by atoms with Gasteiger partial charge in [0, 0.05) is 36.7 Å². The summed E-state index contributed by atoms with van der Waals surface area (Å²) < 4.78 is 42.0. The molecule has 5 aromatic rings. The van der Waals surface area contributed by atoms with E-state index in [0.29, 0.717) is 42.0 Å². The Balaban J connectivity index is 1.34. The van der Waals surface area contributed by atoms with E-state index in [2.05, 4.69) is 37.4 Å². The third-order valence-electron chi connectivity index (χ3n) is 13.6. The standard InChI is InChI=1S/C57H63FN2O8/c1-3-5-33-64-56(63)60(37-43-24-17-23-41-20-9-11-25-46(41)43)53-36-51(59-67-38-40-18-7-6-8-19-40)48-34-42(21-13-15-30-61)47(26-14-16-31-62)54-49-35-45(65-39-44-22-10-12-27-50(44)58)28-29-52(49)68-57(53,55(48)54)66-32-4-2/h3-4,6-12,17-20,22-25,27-29,34-35,42,47,53-55,61-62H,1-2,5,13-16,21,26,30-33,36-39H2/t42-,47+,53-,54+,55+,57+/m0/s1. The van der Waals surface area contributed by atoms with Gasteiger partial charge in [-0.25, -0.2) is 9.18 Å². The summed E-state index contributed by atoms with van der Waals surface area (Å²) in [7, 11) is 0. The molecule has 10 nitrogen and oxygen atoms in total. The minimum atomic E-state index is -1.51. The minimum absolute atomic E-state index is 0.0125. The van der Waals surface area contributed by atoms with Crippen LogP contribution in [0.25, 0.3) is 10.8 Å². The SMILES string of the molecule is C=CCCOC(=O)N(Cc1cccc2ccccc12)[C@H]1CC(=NOCc2ccccc2)C2=C[C@H](CCCCO)[C@@H](CCCCO)[C@@H]3c4cc(OCc5ccccc5F)ccc4O[C@@]1(OCC=C)[C@H]23. The van der Waals surface area contributed by atoms with Gasteiger partial charge in [0.15, 0.2) is 0 Å². The Labute approximate surface area is 399 Å². The number of aliphatic hydroxyl groups excluding tert-OH is 2. The maximum Gasteiger partial charge on any atom is 0.410 e. The van der Waals surface area contributed by atoms with E-state index >= 15 is 4.79 Å². The van der Waals surface area contributed by atoms with Crippen LogP contribution >= 0.6 is 0 Å². The molecule has 356 valence electrons. The Morgan fingerprint density at radius 1 is 0.853 bits per heavy atom. The van der Waals surface area contributed by atoms with E-state index in [-0.39, 0.29) is 76.2 Å². The number of benzene rings is 5. The predicted octanol–water partition coefficient (Wildman–Crippen LogP) is 11.6. The quantitative estimate of drug-likeness (QED) is 0.0378. The lowest BCUT2D eigenvalue weighted by molar-refractivity contribution is -0.256. The van der Waals surface area contributed by atoms with Crippen LogP contribution in [0.15, 0.2) is 157 Å². The predicted molar refractivity (Wildman–Crippen MR) is 263 cm³/mol. The van der Waals surface area contributed by atoms with Gasteiger partial charge in [-0.15, -0.1) is 13.2 Å².